The quantitative estimate of drug-likeness (QED) is 0.612. The lowest BCUT2D eigenvalue weighted by atomic mass is 10.1. The second kappa shape index (κ2) is 9.96. The number of aryl methyl sites for hydroxylation is 1. The standard InChI is InChI=1S/C25H28FN3O3/c1-2-3-9-29-17-20(25(31)27-16-18-7-5-4-6-8-18)24(30)19-14-21(26)23(15-22(19)29)28-10-12-32-13-11-28/h4-8,14-15,17H,2-3,9-13,16H2,1H3,(H,27,31). The van der Waals surface area contributed by atoms with Crippen molar-refractivity contribution < 1.29 is 13.9 Å². The Kier molecular flexibility index (Phi) is 6.85. The molecule has 1 fully saturated rings. The maximum atomic E-state index is 15.0. The third kappa shape index (κ3) is 4.67. The van der Waals surface area contributed by atoms with Crippen LogP contribution in [0.2, 0.25) is 0 Å². The predicted octanol–water partition coefficient (Wildman–Crippen LogP) is 3.71. The number of unbranched alkanes of at least 4 members (excludes halogenated alkanes) is 1. The van der Waals surface area contributed by atoms with Gasteiger partial charge in [-0.15, -0.1) is 0 Å². The lowest BCUT2D eigenvalue weighted by Crippen LogP contribution is -2.37. The summed E-state index contributed by atoms with van der Waals surface area (Å²) in [7, 11) is 0. The zero-order valence-electron chi connectivity index (χ0n) is 18.3. The summed E-state index contributed by atoms with van der Waals surface area (Å²) in [6.07, 6.45) is 3.45. The molecule has 2 heterocycles. The highest BCUT2D eigenvalue weighted by atomic mass is 19.1. The van der Waals surface area contributed by atoms with Crippen LogP contribution in [-0.4, -0.2) is 36.8 Å². The minimum absolute atomic E-state index is 0.0306. The number of halogens is 1. The molecule has 3 aromatic rings. The van der Waals surface area contributed by atoms with Crippen molar-refractivity contribution in [3.8, 4) is 0 Å². The molecule has 0 aliphatic carbocycles. The molecular formula is C25H28FN3O3. The maximum Gasteiger partial charge on any atom is 0.257 e. The van der Waals surface area contributed by atoms with Crippen LogP contribution in [0, 0.1) is 5.82 Å². The predicted molar refractivity (Wildman–Crippen MR) is 124 cm³/mol. The van der Waals surface area contributed by atoms with Gasteiger partial charge in [-0.1, -0.05) is 43.7 Å². The summed E-state index contributed by atoms with van der Waals surface area (Å²) in [5.41, 5.74) is 1.63. The molecule has 6 nitrogen and oxygen atoms in total. The SMILES string of the molecule is CCCCn1cc(C(=O)NCc2ccccc2)c(=O)c2cc(F)c(N3CCOCC3)cc21. The number of pyridine rings is 1. The number of hydrogen-bond donors (Lipinski definition) is 1. The molecule has 0 bridgehead atoms. The van der Waals surface area contributed by atoms with E-state index in [9.17, 15) is 9.59 Å². The molecule has 4 rings (SSSR count). The summed E-state index contributed by atoms with van der Waals surface area (Å²) in [5.74, 6) is -0.913. The Hall–Kier alpha value is -3.19. The zero-order chi connectivity index (χ0) is 22.5. The molecule has 1 aromatic heterocycles. The van der Waals surface area contributed by atoms with E-state index in [-0.39, 0.29) is 10.9 Å². The van der Waals surface area contributed by atoms with Crippen molar-refractivity contribution in [3.63, 3.8) is 0 Å². The van der Waals surface area contributed by atoms with Crippen molar-refractivity contribution in [2.24, 2.45) is 0 Å². The van der Waals surface area contributed by atoms with Crippen LogP contribution in [0.3, 0.4) is 0 Å². The highest BCUT2D eigenvalue weighted by Crippen LogP contribution is 2.26. The smallest absolute Gasteiger partial charge is 0.257 e. The first-order valence-electron chi connectivity index (χ1n) is 11.1. The van der Waals surface area contributed by atoms with E-state index in [0.29, 0.717) is 50.6 Å². The largest absolute Gasteiger partial charge is 0.378 e. The Balaban J connectivity index is 1.73. The number of ether oxygens (including phenoxy) is 1. The van der Waals surface area contributed by atoms with Gasteiger partial charge in [0.25, 0.3) is 5.91 Å². The van der Waals surface area contributed by atoms with E-state index < -0.39 is 17.2 Å². The van der Waals surface area contributed by atoms with Crippen LogP contribution in [0.4, 0.5) is 10.1 Å². The Bertz CT molecular complexity index is 1150. The number of aromatic nitrogens is 1. The van der Waals surface area contributed by atoms with Crippen LogP contribution in [0.15, 0.2) is 53.5 Å². The number of carbonyl (C=O) groups is 1. The van der Waals surface area contributed by atoms with Crippen LogP contribution in [0.5, 0.6) is 0 Å². The van der Waals surface area contributed by atoms with Crippen molar-refractivity contribution in [3.05, 3.63) is 75.8 Å². The van der Waals surface area contributed by atoms with Crippen LogP contribution >= 0.6 is 0 Å². The number of rotatable bonds is 7. The van der Waals surface area contributed by atoms with Gasteiger partial charge in [-0.25, -0.2) is 4.39 Å². The zero-order valence-corrected chi connectivity index (χ0v) is 18.3. The lowest BCUT2D eigenvalue weighted by Gasteiger charge is -2.29. The van der Waals surface area contributed by atoms with Crippen LogP contribution in [-0.2, 0) is 17.8 Å². The molecule has 1 amide bonds. The first-order chi connectivity index (χ1) is 15.6. The fourth-order valence-corrected chi connectivity index (χ4v) is 3.99. The van der Waals surface area contributed by atoms with Gasteiger partial charge < -0.3 is 19.5 Å². The molecule has 0 atom stereocenters. The van der Waals surface area contributed by atoms with Gasteiger partial charge in [0.15, 0.2) is 0 Å². The molecule has 1 saturated heterocycles. The van der Waals surface area contributed by atoms with Crippen molar-refractivity contribution >= 4 is 22.5 Å². The average molecular weight is 438 g/mol. The number of carbonyl (C=O) groups excluding carboxylic acids is 1. The van der Waals surface area contributed by atoms with Gasteiger partial charge in [-0.2, -0.15) is 0 Å². The summed E-state index contributed by atoms with van der Waals surface area (Å²) in [6.45, 7) is 5.32. The Labute approximate surface area is 186 Å². The average Bonchev–Trinajstić information content (AvgIpc) is 2.83. The second-order valence-corrected chi connectivity index (χ2v) is 8.01. The first-order valence-corrected chi connectivity index (χ1v) is 11.1. The summed E-state index contributed by atoms with van der Waals surface area (Å²) < 4.78 is 22.3. The highest BCUT2D eigenvalue weighted by molar-refractivity contribution is 5.97. The van der Waals surface area contributed by atoms with Gasteiger partial charge >= 0.3 is 0 Å². The first kappa shape index (κ1) is 22.0. The van der Waals surface area contributed by atoms with Crippen LogP contribution < -0.4 is 15.6 Å². The number of morpholine rings is 1. The van der Waals surface area contributed by atoms with Gasteiger partial charge in [0.2, 0.25) is 5.43 Å². The van der Waals surface area contributed by atoms with Gasteiger partial charge in [-0.05, 0) is 24.1 Å². The molecule has 0 unspecified atom stereocenters. The number of benzene rings is 2. The van der Waals surface area contributed by atoms with E-state index in [1.807, 2.05) is 39.8 Å². The number of hydrogen-bond acceptors (Lipinski definition) is 4. The molecule has 0 spiro atoms. The topological polar surface area (TPSA) is 63.6 Å². The fourth-order valence-electron chi connectivity index (χ4n) is 3.99. The van der Waals surface area contributed by atoms with E-state index in [1.165, 1.54) is 6.07 Å². The monoisotopic (exact) mass is 437 g/mol. The third-order valence-corrected chi connectivity index (χ3v) is 5.79. The molecule has 1 aliphatic heterocycles. The number of amides is 1. The summed E-state index contributed by atoms with van der Waals surface area (Å²) >= 11 is 0. The minimum atomic E-state index is -0.458. The second-order valence-electron chi connectivity index (χ2n) is 8.01. The number of nitrogens with one attached hydrogen (secondary N) is 1. The molecule has 7 heteroatoms. The Morgan fingerprint density at radius 2 is 1.91 bits per heavy atom. The van der Waals surface area contributed by atoms with Crippen molar-refractivity contribution in [1.29, 1.82) is 0 Å². The van der Waals surface area contributed by atoms with Crippen molar-refractivity contribution in [2.45, 2.75) is 32.9 Å². The number of nitrogens with zero attached hydrogens (tertiary/aromatic N) is 2. The maximum absolute atomic E-state index is 15.0. The van der Waals surface area contributed by atoms with Gasteiger partial charge in [0, 0.05) is 37.8 Å². The highest BCUT2D eigenvalue weighted by Gasteiger charge is 2.21. The molecule has 32 heavy (non-hydrogen) atoms. The van der Waals surface area contributed by atoms with E-state index in [0.717, 1.165) is 18.4 Å². The molecule has 1 N–H and O–H groups in total. The Morgan fingerprint density at radius 3 is 2.62 bits per heavy atom. The van der Waals surface area contributed by atoms with Crippen LogP contribution in [0.25, 0.3) is 10.9 Å². The summed E-state index contributed by atoms with van der Waals surface area (Å²) in [6, 6.07) is 12.5. The molecule has 0 radical (unpaired) electrons. The van der Waals surface area contributed by atoms with E-state index in [2.05, 4.69) is 12.2 Å². The van der Waals surface area contributed by atoms with E-state index in [4.69, 9.17) is 4.74 Å². The van der Waals surface area contributed by atoms with Crippen molar-refractivity contribution in [2.75, 3.05) is 31.2 Å². The molecule has 2 aromatic carbocycles. The fraction of sp³-hybridized carbons (Fsp3) is 0.360. The van der Waals surface area contributed by atoms with Gasteiger partial charge in [0.1, 0.15) is 11.4 Å². The third-order valence-electron chi connectivity index (χ3n) is 5.79. The normalized spacial score (nSPS) is 14.0. The van der Waals surface area contributed by atoms with Gasteiger partial charge in [-0.3, -0.25) is 9.59 Å². The molecular weight excluding hydrogens is 409 g/mol. The summed E-state index contributed by atoms with van der Waals surface area (Å²) in [5, 5.41) is 3.04. The lowest BCUT2D eigenvalue weighted by molar-refractivity contribution is 0.0949. The van der Waals surface area contributed by atoms with E-state index >= 15 is 4.39 Å². The summed E-state index contributed by atoms with van der Waals surface area (Å²) in [4.78, 5) is 28.0. The van der Waals surface area contributed by atoms with Gasteiger partial charge in [0.05, 0.1) is 24.4 Å². The molecule has 0 saturated carbocycles. The van der Waals surface area contributed by atoms with Crippen LogP contribution in [0.1, 0.15) is 35.7 Å². The minimum Gasteiger partial charge on any atom is -0.378 e. The van der Waals surface area contributed by atoms with E-state index in [1.54, 1.807) is 12.3 Å². The molecule has 168 valence electrons. The number of fused-ring (bicyclic) bond motifs is 1. The number of anilines is 1. The van der Waals surface area contributed by atoms with Crippen molar-refractivity contribution in [1.82, 2.24) is 9.88 Å². The Morgan fingerprint density at radius 1 is 1.16 bits per heavy atom. The molecule has 1 aliphatic rings.